The summed E-state index contributed by atoms with van der Waals surface area (Å²) < 4.78 is 27.6. The first-order chi connectivity index (χ1) is 11.3. The van der Waals surface area contributed by atoms with Crippen LogP contribution in [-0.4, -0.2) is 13.4 Å². The number of anilines is 1. The molecular formula is C16H12Cl2N2O3S. The molecule has 0 spiro atoms. The van der Waals surface area contributed by atoms with Crippen LogP contribution in [0.2, 0.25) is 10.0 Å². The predicted molar refractivity (Wildman–Crippen MR) is 96.6 cm³/mol. The van der Waals surface area contributed by atoms with Crippen molar-refractivity contribution in [3.63, 3.8) is 0 Å². The van der Waals surface area contributed by atoms with Gasteiger partial charge in [0, 0.05) is 22.0 Å². The highest BCUT2D eigenvalue weighted by Crippen LogP contribution is 2.28. The Hall–Kier alpha value is -2.02. The van der Waals surface area contributed by atoms with Crippen LogP contribution in [0.4, 0.5) is 5.69 Å². The Labute approximate surface area is 148 Å². The SMILES string of the molecule is Cc1cc(=O)[nH]c2ccc(S(=O)(=O)Nc3cc(Cl)ccc3Cl)cc12. The zero-order valence-corrected chi connectivity index (χ0v) is 14.8. The second-order valence-corrected chi connectivity index (χ2v) is 7.78. The third-order valence-electron chi connectivity index (χ3n) is 3.50. The van der Waals surface area contributed by atoms with Crippen LogP contribution in [0.25, 0.3) is 10.9 Å². The van der Waals surface area contributed by atoms with Gasteiger partial charge in [-0.05, 0) is 48.9 Å². The van der Waals surface area contributed by atoms with E-state index in [1.165, 1.54) is 30.3 Å². The molecule has 0 aliphatic heterocycles. The number of halogens is 2. The largest absolute Gasteiger partial charge is 0.322 e. The number of sulfonamides is 1. The third-order valence-corrected chi connectivity index (χ3v) is 5.43. The van der Waals surface area contributed by atoms with Gasteiger partial charge in [0.1, 0.15) is 0 Å². The van der Waals surface area contributed by atoms with E-state index in [4.69, 9.17) is 23.2 Å². The van der Waals surface area contributed by atoms with Crippen molar-refractivity contribution in [3.8, 4) is 0 Å². The molecule has 8 heteroatoms. The molecule has 0 amide bonds. The molecule has 124 valence electrons. The highest BCUT2D eigenvalue weighted by Gasteiger charge is 2.17. The minimum absolute atomic E-state index is 0.0567. The fourth-order valence-corrected chi connectivity index (χ4v) is 3.84. The number of hydrogen-bond donors (Lipinski definition) is 2. The summed E-state index contributed by atoms with van der Waals surface area (Å²) in [6.07, 6.45) is 0. The zero-order valence-electron chi connectivity index (χ0n) is 12.4. The molecule has 1 aromatic heterocycles. The first-order valence-corrected chi connectivity index (χ1v) is 9.12. The molecule has 3 aromatic rings. The Morgan fingerprint density at radius 1 is 1.04 bits per heavy atom. The maximum atomic E-state index is 12.6. The fraction of sp³-hybridized carbons (Fsp3) is 0.0625. The van der Waals surface area contributed by atoms with Crippen LogP contribution in [-0.2, 0) is 10.0 Å². The van der Waals surface area contributed by atoms with Crippen molar-refractivity contribution in [2.45, 2.75) is 11.8 Å². The first kappa shape index (κ1) is 16.8. The highest BCUT2D eigenvalue weighted by molar-refractivity contribution is 7.92. The number of aromatic nitrogens is 1. The topological polar surface area (TPSA) is 79.0 Å². The number of aryl methyl sites for hydroxylation is 1. The van der Waals surface area contributed by atoms with Gasteiger partial charge >= 0.3 is 0 Å². The van der Waals surface area contributed by atoms with Crippen LogP contribution in [0.3, 0.4) is 0 Å². The van der Waals surface area contributed by atoms with Gasteiger partial charge in [0.2, 0.25) is 5.56 Å². The number of nitrogens with one attached hydrogen (secondary N) is 2. The molecule has 1 heterocycles. The number of aromatic amines is 1. The highest BCUT2D eigenvalue weighted by atomic mass is 35.5. The smallest absolute Gasteiger partial charge is 0.261 e. The molecule has 3 rings (SSSR count). The van der Waals surface area contributed by atoms with E-state index in [0.29, 0.717) is 21.5 Å². The molecule has 2 aromatic carbocycles. The quantitative estimate of drug-likeness (QED) is 0.719. The van der Waals surface area contributed by atoms with E-state index in [0.717, 1.165) is 0 Å². The lowest BCUT2D eigenvalue weighted by molar-refractivity contribution is 0.601. The van der Waals surface area contributed by atoms with Gasteiger partial charge in [0.05, 0.1) is 15.6 Å². The number of hydrogen-bond acceptors (Lipinski definition) is 3. The van der Waals surface area contributed by atoms with E-state index < -0.39 is 10.0 Å². The Morgan fingerprint density at radius 2 is 1.79 bits per heavy atom. The summed E-state index contributed by atoms with van der Waals surface area (Å²) >= 11 is 11.9. The van der Waals surface area contributed by atoms with Gasteiger partial charge in [0.15, 0.2) is 0 Å². The van der Waals surface area contributed by atoms with Crippen LogP contribution in [0, 0.1) is 6.92 Å². The predicted octanol–water partition coefficient (Wildman–Crippen LogP) is 3.94. The third kappa shape index (κ3) is 3.26. The number of H-pyrrole nitrogens is 1. The lowest BCUT2D eigenvalue weighted by Crippen LogP contribution is -2.14. The molecule has 0 atom stereocenters. The van der Waals surface area contributed by atoms with Gasteiger partial charge in [-0.25, -0.2) is 8.42 Å². The van der Waals surface area contributed by atoms with Crippen molar-refractivity contribution in [3.05, 3.63) is 68.4 Å². The van der Waals surface area contributed by atoms with E-state index in [1.807, 2.05) is 0 Å². The summed E-state index contributed by atoms with van der Waals surface area (Å²) in [4.78, 5) is 14.2. The lowest BCUT2D eigenvalue weighted by Gasteiger charge is -2.11. The number of benzene rings is 2. The Morgan fingerprint density at radius 3 is 2.54 bits per heavy atom. The van der Waals surface area contributed by atoms with E-state index in [-0.39, 0.29) is 21.2 Å². The summed E-state index contributed by atoms with van der Waals surface area (Å²) in [7, 11) is -3.86. The lowest BCUT2D eigenvalue weighted by atomic mass is 10.1. The van der Waals surface area contributed by atoms with Gasteiger partial charge in [0.25, 0.3) is 10.0 Å². The van der Waals surface area contributed by atoms with Crippen LogP contribution in [0.15, 0.2) is 52.2 Å². The summed E-state index contributed by atoms with van der Waals surface area (Å²) in [5.74, 6) is 0. The molecule has 0 unspecified atom stereocenters. The molecule has 0 saturated carbocycles. The van der Waals surface area contributed by atoms with Crippen LogP contribution < -0.4 is 10.3 Å². The van der Waals surface area contributed by atoms with Gasteiger partial charge in [-0.2, -0.15) is 0 Å². The molecule has 0 radical (unpaired) electrons. The van der Waals surface area contributed by atoms with E-state index in [1.54, 1.807) is 19.1 Å². The van der Waals surface area contributed by atoms with Gasteiger partial charge in [-0.1, -0.05) is 23.2 Å². The molecule has 0 aliphatic rings. The summed E-state index contributed by atoms with van der Waals surface area (Å²) in [5, 5.41) is 1.25. The summed E-state index contributed by atoms with van der Waals surface area (Å²) in [6, 6.07) is 10.4. The second kappa shape index (κ2) is 6.12. The zero-order chi connectivity index (χ0) is 17.5. The fourth-order valence-electron chi connectivity index (χ4n) is 2.35. The molecular weight excluding hydrogens is 371 g/mol. The minimum Gasteiger partial charge on any atom is -0.322 e. The van der Waals surface area contributed by atoms with Crippen molar-refractivity contribution in [2.24, 2.45) is 0 Å². The van der Waals surface area contributed by atoms with Crippen molar-refractivity contribution in [1.29, 1.82) is 0 Å². The monoisotopic (exact) mass is 382 g/mol. The average molecular weight is 383 g/mol. The number of rotatable bonds is 3. The van der Waals surface area contributed by atoms with Crippen LogP contribution in [0.5, 0.6) is 0 Å². The molecule has 24 heavy (non-hydrogen) atoms. The number of pyridine rings is 1. The number of fused-ring (bicyclic) bond motifs is 1. The van der Waals surface area contributed by atoms with Crippen molar-refractivity contribution >= 4 is 49.8 Å². The van der Waals surface area contributed by atoms with E-state index in [9.17, 15) is 13.2 Å². The average Bonchev–Trinajstić information content (AvgIpc) is 2.50. The van der Waals surface area contributed by atoms with Gasteiger partial charge in [-0.15, -0.1) is 0 Å². The van der Waals surface area contributed by atoms with Gasteiger partial charge < -0.3 is 4.98 Å². The Kier molecular flexibility index (Phi) is 4.29. The maximum Gasteiger partial charge on any atom is 0.261 e. The first-order valence-electron chi connectivity index (χ1n) is 6.88. The van der Waals surface area contributed by atoms with Gasteiger partial charge in [-0.3, -0.25) is 9.52 Å². The van der Waals surface area contributed by atoms with E-state index in [2.05, 4.69) is 9.71 Å². The van der Waals surface area contributed by atoms with Crippen molar-refractivity contribution < 1.29 is 8.42 Å². The van der Waals surface area contributed by atoms with Crippen LogP contribution in [0.1, 0.15) is 5.56 Å². The molecule has 0 saturated heterocycles. The summed E-state index contributed by atoms with van der Waals surface area (Å²) in [5.41, 5.74) is 1.22. The Bertz CT molecular complexity index is 1110. The van der Waals surface area contributed by atoms with E-state index >= 15 is 0 Å². The summed E-state index contributed by atoms with van der Waals surface area (Å²) in [6.45, 7) is 1.75. The maximum absolute atomic E-state index is 12.6. The molecule has 0 fully saturated rings. The molecule has 0 bridgehead atoms. The second-order valence-electron chi connectivity index (χ2n) is 5.25. The van der Waals surface area contributed by atoms with Crippen LogP contribution >= 0.6 is 23.2 Å². The molecule has 5 nitrogen and oxygen atoms in total. The van der Waals surface area contributed by atoms with Crippen molar-refractivity contribution in [2.75, 3.05) is 4.72 Å². The standard InChI is InChI=1S/C16H12Cl2N2O3S/c1-9-6-16(21)19-14-5-3-11(8-12(9)14)24(22,23)20-15-7-10(17)2-4-13(15)18/h2-8,20H,1H3,(H,19,21). The molecule has 2 N–H and O–H groups in total. The normalized spacial score (nSPS) is 11.6. The van der Waals surface area contributed by atoms with Crippen molar-refractivity contribution in [1.82, 2.24) is 4.98 Å². The molecule has 0 aliphatic carbocycles. The Balaban J connectivity index is 2.08. The minimum atomic E-state index is -3.86.